The number of hydrogen-bond donors (Lipinski definition) is 1. The van der Waals surface area contributed by atoms with Crippen molar-refractivity contribution >= 4 is 0 Å². The minimum Gasteiger partial charge on any atom is -0.382 e. The summed E-state index contributed by atoms with van der Waals surface area (Å²) in [5, 5.41) is 20.3. The Morgan fingerprint density at radius 2 is 2.50 bits per heavy atom. The van der Waals surface area contributed by atoms with Crippen LogP contribution in [0.3, 0.4) is 0 Å². The van der Waals surface area contributed by atoms with E-state index in [-0.39, 0.29) is 12.5 Å². The third-order valence-corrected chi connectivity index (χ3v) is 3.54. The first-order valence-corrected chi connectivity index (χ1v) is 5.09. The summed E-state index contributed by atoms with van der Waals surface area (Å²) < 4.78 is 0. The minimum absolute atomic E-state index is 0.0443. The second kappa shape index (κ2) is 3.05. The lowest BCUT2D eigenvalue weighted by Gasteiger charge is -2.45. The number of aliphatic hydroxyl groups is 1. The lowest BCUT2D eigenvalue weighted by atomic mass is 9.63. The van der Waals surface area contributed by atoms with E-state index in [0.29, 0.717) is 12.3 Å². The molecule has 0 aromatic heterocycles. The zero-order chi connectivity index (χ0) is 10.3. The van der Waals surface area contributed by atoms with Crippen LogP contribution in [0.5, 0.6) is 0 Å². The summed E-state index contributed by atoms with van der Waals surface area (Å²) in [7, 11) is 0. The van der Waals surface area contributed by atoms with E-state index in [1.807, 2.05) is 0 Å². The van der Waals surface area contributed by atoms with Gasteiger partial charge < -0.3 is 5.11 Å². The molecule has 0 heterocycles. The molecule has 0 aliphatic heterocycles. The van der Waals surface area contributed by atoms with Crippen molar-refractivity contribution in [2.75, 3.05) is 6.54 Å². The summed E-state index contributed by atoms with van der Waals surface area (Å²) >= 11 is 0. The topological polar surface area (TPSA) is 63.4 Å². The predicted molar refractivity (Wildman–Crippen MR) is 51.4 cm³/mol. The highest BCUT2D eigenvalue weighted by molar-refractivity contribution is 5.24. The van der Waals surface area contributed by atoms with E-state index in [9.17, 15) is 15.2 Å². The highest BCUT2D eigenvalue weighted by Gasteiger charge is 2.56. The first-order chi connectivity index (χ1) is 6.55. The Balaban J connectivity index is 2.06. The number of allylic oxidation sites excluding steroid dienone is 1. The van der Waals surface area contributed by atoms with Gasteiger partial charge >= 0.3 is 0 Å². The third kappa shape index (κ3) is 1.34. The average Bonchev–Trinajstić information content (AvgIpc) is 2.42. The summed E-state index contributed by atoms with van der Waals surface area (Å²) in [5.74, 6) is 0.512. The molecule has 0 radical (unpaired) electrons. The fraction of sp³-hybridized carbons (Fsp3) is 0.800. The molecule has 2 aliphatic carbocycles. The maximum atomic E-state index is 10.4. The van der Waals surface area contributed by atoms with E-state index in [4.69, 9.17) is 0 Å². The Hall–Kier alpha value is -0.900. The van der Waals surface area contributed by atoms with Crippen LogP contribution in [0.15, 0.2) is 11.6 Å². The standard InChI is InChI=1S/C10H15NO3/c1-2-7-3-8-5-10(12,6-11(13)14)9(8)4-7/h4,8-9,12H,2-3,5-6H2,1H3. The van der Waals surface area contributed by atoms with E-state index < -0.39 is 10.5 Å². The van der Waals surface area contributed by atoms with E-state index in [1.165, 1.54) is 5.57 Å². The smallest absolute Gasteiger partial charge is 0.232 e. The largest absolute Gasteiger partial charge is 0.382 e. The molecule has 1 saturated carbocycles. The number of rotatable bonds is 3. The monoisotopic (exact) mass is 197 g/mol. The number of nitro groups is 1. The van der Waals surface area contributed by atoms with Gasteiger partial charge in [-0.05, 0) is 25.2 Å². The molecule has 2 aliphatic rings. The van der Waals surface area contributed by atoms with Crippen molar-refractivity contribution in [3.63, 3.8) is 0 Å². The molecule has 78 valence electrons. The van der Waals surface area contributed by atoms with Crippen LogP contribution in [-0.4, -0.2) is 22.2 Å². The maximum Gasteiger partial charge on any atom is 0.232 e. The Morgan fingerprint density at radius 1 is 1.79 bits per heavy atom. The fourth-order valence-corrected chi connectivity index (χ4v) is 2.80. The van der Waals surface area contributed by atoms with Crippen molar-refractivity contribution in [1.29, 1.82) is 0 Å². The minimum atomic E-state index is -1.05. The highest BCUT2D eigenvalue weighted by Crippen LogP contribution is 2.52. The Morgan fingerprint density at radius 3 is 3.07 bits per heavy atom. The molecular weight excluding hydrogens is 182 g/mol. The van der Waals surface area contributed by atoms with Gasteiger partial charge in [-0.15, -0.1) is 0 Å². The van der Waals surface area contributed by atoms with Gasteiger partial charge in [-0.25, -0.2) is 0 Å². The van der Waals surface area contributed by atoms with E-state index in [2.05, 4.69) is 13.0 Å². The van der Waals surface area contributed by atoms with Gasteiger partial charge in [0.1, 0.15) is 5.60 Å². The van der Waals surface area contributed by atoms with Gasteiger partial charge in [-0.1, -0.05) is 18.6 Å². The molecule has 1 N–H and O–H groups in total. The van der Waals surface area contributed by atoms with Gasteiger partial charge in [0.25, 0.3) is 0 Å². The molecule has 0 spiro atoms. The number of nitrogens with zero attached hydrogens (tertiary/aromatic N) is 1. The van der Waals surface area contributed by atoms with Crippen molar-refractivity contribution in [2.45, 2.75) is 31.8 Å². The van der Waals surface area contributed by atoms with Crippen molar-refractivity contribution in [3.8, 4) is 0 Å². The SMILES string of the molecule is CCC1=CC2C(C1)CC2(O)C[N+](=O)[O-]. The second-order valence-corrected chi connectivity index (χ2v) is 4.47. The quantitative estimate of drug-likeness (QED) is 0.422. The molecule has 3 atom stereocenters. The second-order valence-electron chi connectivity index (χ2n) is 4.47. The van der Waals surface area contributed by atoms with E-state index in [1.54, 1.807) is 0 Å². The molecule has 3 unspecified atom stereocenters. The zero-order valence-corrected chi connectivity index (χ0v) is 8.27. The maximum absolute atomic E-state index is 10.4. The third-order valence-electron chi connectivity index (χ3n) is 3.54. The van der Waals surface area contributed by atoms with Crippen molar-refractivity contribution in [1.82, 2.24) is 0 Å². The fourth-order valence-electron chi connectivity index (χ4n) is 2.80. The Bertz CT molecular complexity index is 300. The van der Waals surface area contributed by atoms with Gasteiger partial charge in [0, 0.05) is 10.8 Å². The number of hydrogen-bond acceptors (Lipinski definition) is 3. The van der Waals surface area contributed by atoms with Crippen molar-refractivity contribution < 1.29 is 10.0 Å². The van der Waals surface area contributed by atoms with Gasteiger partial charge in [0.05, 0.1) is 0 Å². The first-order valence-electron chi connectivity index (χ1n) is 5.09. The molecule has 0 aromatic carbocycles. The van der Waals surface area contributed by atoms with Crippen molar-refractivity contribution in [2.24, 2.45) is 11.8 Å². The van der Waals surface area contributed by atoms with Gasteiger partial charge in [-0.2, -0.15) is 0 Å². The lowest BCUT2D eigenvalue weighted by molar-refractivity contribution is -0.509. The molecule has 0 aromatic rings. The van der Waals surface area contributed by atoms with Crippen LogP contribution in [0.1, 0.15) is 26.2 Å². The summed E-state index contributed by atoms with van der Waals surface area (Å²) in [5.41, 5.74) is 0.296. The van der Waals surface area contributed by atoms with E-state index >= 15 is 0 Å². The molecule has 14 heavy (non-hydrogen) atoms. The number of fused-ring (bicyclic) bond motifs is 1. The molecule has 0 bridgehead atoms. The molecule has 4 heteroatoms. The van der Waals surface area contributed by atoms with Crippen LogP contribution < -0.4 is 0 Å². The highest BCUT2D eigenvalue weighted by atomic mass is 16.6. The summed E-state index contributed by atoms with van der Waals surface area (Å²) in [6, 6.07) is 0. The predicted octanol–water partition coefficient (Wildman–Crippen LogP) is 1.37. The Kier molecular flexibility index (Phi) is 2.10. The lowest BCUT2D eigenvalue weighted by Crippen LogP contribution is -2.55. The average molecular weight is 197 g/mol. The Labute approximate surface area is 82.8 Å². The molecule has 0 amide bonds. The molecule has 4 nitrogen and oxygen atoms in total. The van der Waals surface area contributed by atoms with Crippen LogP contribution in [0.2, 0.25) is 0 Å². The van der Waals surface area contributed by atoms with E-state index in [0.717, 1.165) is 12.8 Å². The van der Waals surface area contributed by atoms with Gasteiger partial charge in [-0.3, -0.25) is 10.1 Å². The summed E-state index contributed by atoms with van der Waals surface area (Å²) in [6.45, 7) is 1.78. The normalized spacial score (nSPS) is 40.0. The summed E-state index contributed by atoms with van der Waals surface area (Å²) in [6.07, 6.45) is 4.68. The van der Waals surface area contributed by atoms with Gasteiger partial charge in [0.15, 0.2) is 0 Å². The molecular formula is C10H15NO3. The molecule has 1 fully saturated rings. The van der Waals surface area contributed by atoms with Crippen molar-refractivity contribution in [3.05, 3.63) is 21.8 Å². The van der Waals surface area contributed by atoms with Crippen LogP contribution >= 0.6 is 0 Å². The first kappa shape index (κ1) is 9.65. The van der Waals surface area contributed by atoms with Crippen LogP contribution in [0.4, 0.5) is 0 Å². The molecule has 0 saturated heterocycles. The van der Waals surface area contributed by atoms with Crippen LogP contribution in [0.25, 0.3) is 0 Å². The van der Waals surface area contributed by atoms with Gasteiger partial charge in [0.2, 0.25) is 6.54 Å². The zero-order valence-electron chi connectivity index (χ0n) is 8.27. The van der Waals surface area contributed by atoms with Crippen LogP contribution in [0, 0.1) is 22.0 Å². The summed E-state index contributed by atoms with van der Waals surface area (Å²) in [4.78, 5) is 9.96. The van der Waals surface area contributed by atoms with Crippen LogP contribution in [-0.2, 0) is 0 Å². The molecule has 2 rings (SSSR count).